The Labute approximate surface area is 91.5 Å². The summed E-state index contributed by atoms with van der Waals surface area (Å²) in [5.41, 5.74) is 0. The lowest BCUT2D eigenvalue weighted by Gasteiger charge is -1.98. The summed E-state index contributed by atoms with van der Waals surface area (Å²) in [6.07, 6.45) is -4.52. The number of hydrogen-bond acceptors (Lipinski definition) is 4. The molecule has 0 aliphatic carbocycles. The van der Waals surface area contributed by atoms with Gasteiger partial charge >= 0.3 is 6.18 Å². The molecule has 1 N–H and O–H groups in total. The first-order chi connectivity index (χ1) is 6.93. The molecule has 0 saturated carbocycles. The topological polar surface area (TPSA) is 54.9 Å². The molecule has 84 valence electrons. The number of carbonyl (C=O) groups is 1. The molecule has 1 aromatic rings. The van der Waals surface area contributed by atoms with E-state index in [2.05, 4.69) is 15.5 Å². The van der Waals surface area contributed by atoms with Gasteiger partial charge in [0, 0.05) is 12.3 Å². The highest BCUT2D eigenvalue weighted by Gasteiger charge is 2.35. The van der Waals surface area contributed by atoms with Crippen molar-refractivity contribution in [3.63, 3.8) is 0 Å². The van der Waals surface area contributed by atoms with Gasteiger partial charge in [-0.3, -0.25) is 4.79 Å². The molecule has 4 nitrogen and oxygen atoms in total. The Morgan fingerprint density at radius 3 is 2.60 bits per heavy atom. The fourth-order valence-electron chi connectivity index (χ4n) is 0.656. The normalized spacial score (nSPS) is 11.5. The van der Waals surface area contributed by atoms with E-state index in [0.29, 0.717) is 0 Å². The summed E-state index contributed by atoms with van der Waals surface area (Å²) in [5, 5.41) is 6.95. The number of anilines is 1. The van der Waals surface area contributed by atoms with Gasteiger partial charge in [0.25, 0.3) is 0 Å². The van der Waals surface area contributed by atoms with Crippen LogP contribution >= 0.6 is 22.9 Å². The van der Waals surface area contributed by atoms with Crippen molar-refractivity contribution in [2.24, 2.45) is 0 Å². The third-order valence-corrected chi connectivity index (χ3v) is 2.31. The molecule has 1 rings (SSSR count). The quantitative estimate of drug-likeness (QED) is 0.846. The molecule has 0 fully saturated rings. The van der Waals surface area contributed by atoms with Crippen LogP contribution in [0.3, 0.4) is 0 Å². The SMILES string of the molecule is O=C(CCCl)Nc1nnc(C(F)(F)F)s1. The molecule has 0 aliphatic rings. The first-order valence-electron chi connectivity index (χ1n) is 3.70. The number of amides is 1. The molecule has 9 heteroatoms. The van der Waals surface area contributed by atoms with Crippen molar-refractivity contribution in [1.29, 1.82) is 0 Å². The molecule has 0 bridgehead atoms. The molecule has 0 atom stereocenters. The van der Waals surface area contributed by atoms with Crippen LogP contribution < -0.4 is 5.32 Å². The van der Waals surface area contributed by atoms with E-state index in [9.17, 15) is 18.0 Å². The second-order valence-corrected chi connectivity index (χ2v) is 3.75. The van der Waals surface area contributed by atoms with Crippen LogP contribution in [0.5, 0.6) is 0 Å². The van der Waals surface area contributed by atoms with E-state index < -0.39 is 17.1 Å². The van der Waals surface area contributed by atoms with Crippen LogP contribution in [0.15, 0.2) is 0 Å². The first-order valence-corrected chi connectivity index (χ1v) is 5.05. The van der Waals surface area contributed by atoms with E-state index in [4.69, 9.17) is 11.6 Å². The molecule has 0 aliphatic heterocycles. The predicted molar refractivity (Wildman–Crippen MR) is 48.9 cm³/mol. The highest BCUT2D eigenvalue weighted by Crippen LogP contribution is 2.32. The summed E-state index contributed by atoms with van der Waals surface area (Å²) in [4.78, 5) is 10.9. The summed E-state index contributed by atoms with van der Waals surface area (Å²) in [6, 6.07) is 0. The Morgan fingerprint density at radius 2 is 2.13 bits per heavy atom. The zero-order chi connectivity index (χ0) is 11.5. The molecule has 1 amide bonds. The number of hydrogen-bond donors (Lipinski definition) is 1. The van der Waals surface area contributed by atoms with Crippen molar-refractivity contribution in [3.05, 3.63) is 5.01 Å². The van der Waals surface area contributed by atoms with Crippen LogP contribution in [0.4, 0.5) is 18.3 Å². The summed E-state index contributed by atoms with van der Waals surface area (Å²) in [7, 11) is 0. The third-order valence-electron chi connectivity index (χ3n) is 1.24. The second-order valence-electron chi connectivity index (χ2n) is 2.40. The van der Waals surface area contributed by atoms with E-state index in [0.717, 1.165) is 0 Å². The van der Waals surface area contributed by atoms with E-state index in [1.54, 1.807) is 0 Å². The van der Waals surface area contributed by atoms with Gasteiger partial charge in [0.05, 0.1) is 0 Å². The maximum atomic E-state index is 12.1. The Hall–Kier alpha value is -0.890. The van der Waals surface area contributed by atoms with Gasteiger partial charge in [-0.25, -0.2) is 0 Å². The summed E-state index contributed by atoms with van der Waals surface area (Å²) >= 11 is 5.54. The smallest absolute Gasteiger partial charge is 0.300 e. The molecule has 0 spiro atoms. The first kappa shape index (κ1) is 12.2. The maximum Gasteiger partial charge on any atom is 0.445 e. The average molecular weight is 260 g/mol. The number of alkyl halides is 4. The van der Waals surface area contributed by atoms with Crippen LogP contribution in [0.1, 0.15) is 11.4 Å². The number of halogens is 4. The highest BCUT2D eigenvalue weighted by atomic mass is 35.5. The van der Waals surface area contributed by atoms with Crippen LogP contribution in [0, 0.1) is 0 Å². The zero-order valence-electron chi connectivity index (χ0n) is 7.14. The average Bonchev–Trinajstić information content (AvgIpc) is 2.52. The van der Waals surface area contributed by atoms with Crippen molar-refractivity contribution >= 4 is 34.0 Å². The van der Waals surface area contributed by atoms with Crippen molar-refractivity contribution in [2.75, 3.05) is 11.2 Å². The fraction of sp³-hybridized carbons (Fsp3) is 0.500. The summed E-state index contributed by atoms with van der Waals surface area (Å²) in [5.74, 6) is -0.397. The van der Waals surface area contributed by atoms with Gasteiger partial charge < -0.3 is 5.32 Å². The molecule has 0 unspecified atom stereocenters. The lowest BCUT2D eigenvalue weighted by molar-refractivity contribution is -0.138. The minimum Gasteiger partial charge on any atom is -0.300 e. The highest BCUT2D eigenvalue weighted by molar-refractivity contribution is 7.15. The standard InChI is InChI=1S/C6H5ClF3N3OS/c7-2-1-3(14)11-5-13-12-4(15-5)6(8,9)10/h1-2H2,(H,11,13,14). The van der Waals surface area contributed by atoms with Gasteiger partial charge in [-0.15, -0.1) is 21.8 Å². The molecule has 15 heavy (non-hydrogen) atoms. The van der Waals surface area contributed by atoms with Gasteiger partial charge in [0.2, 0.25) is 16.0 Å². The van der Waals surface area contributed by atoms with Gasteiger partial charge in [-0.05, 0) is 0 Å². The van der Waals surface area contributed by atoms with Gasteiger partial charge in [-0.1, -0.05) is 11.3 Å². The molecule has 1 heterocycles. The monoisotopic (exact) mass is 259 g/mol. The molecule has 0 radical (unpaired) electrons. The summed E-state index contributed by atoms with van der Waals surface area (Å²) < 4.78 is 36.2. The Balaban J connectivity index is 2.65. The fourth-order valence-corrected chi connectivity index (χ4v) is 1.45. The van der Waals surface area contributed by atoms with Gasteiger partial charge in [0.15, 0.2) is 0 Å². The Morgan fingerprint density at radius 1 is 1.47 bits per heavy atom. The molecule has 1 aromatic heterocycles. The molecule has 0 saturated heterocycles. The second kappa shape index (κ2) is 4.75. The molecule has 0 aromatic carbocycles. The van der Waals surface area contributed by atoms with Gasteiger partial charge in [-0.2, -0.15) is 13.2 Å². The van der Waals surface area contributed by atoms with Crippen molar-refractivity contribution in [2.45, 2.75) is 12.6 Å². The number of aromatic nitrogens is 2. The van der Waals surface area contributed by atoms with Crippen LogP contribution in [-0.4, -0.2) is 22.0 Å². The van der Waals surface area contributed by atoms with Gasteiger partial charge in [0.1, 0.15) is 0 Å². The Kier molecular flexibility index (Phi) is 3.86. The van der Waals surface area contributed by atoms with E-state index in [-0.39, 0.29) is 28.8 Å². The van der Waals surface area contributed by atoms with E-state index in [1.807, 2.05) is 0 Å². The molecular weight excluding hydrogens is 255 g/mol. The number of nitrogens with one attached hydrogen (secondary N) is 1. The third kappa shape index (κ3) is 3.63. The Bertz CT molecular complexity index is 354. The van der Waals surface area contributed by atoms with Crippen LogP contribution in [0.25, 0.3) is 0 Å². The number of rotatable bonds is 3. The lowest BCUT2D eigenvalue weighted by atomic mass is 10.5. The maximum absolute atomic E-state index is 12.1. The van der Waals surface area contributed by atoms with E-state index >= 15 is 0 Å². The number of carbonyl (C=O) groups excluding carboxylic acids is 1. The minimum atomic E-state index is -4.53. The summed E-state index contributed by atoms with van der Waals surface area (Å²) in [6.45, 7) is 0. The van der Waals surface area contributed by atoms with Crippen LogP contribution in [-0.2, 0) is 11.0 Å². The van der Waals surface area contributed by atoms with Crippen LogP contribution in [0.2, 0.25) is 0 Å². The largest absolute Gasteiger partial charge is 0.445 e. The van der Waals surface area contributed by atoms with Crippen molar-refractivity contribution in [1.82, 2.24) is 10.2 Å². The van der Waals surface area contributed by atoms with E-state index in [1.165, 1.54) is 0 Å². The lowest BCUT2D eigenvalue weighted by Crippen LogP contribution is -2.11. The minimum absolute atomic E-state index is 0.0164. The molecular formula is C6H5ClF3N3OS. The van der Waals surface area contributed by atoms with Crippen molar-refractivity contribution < 1.29 is 18.0 Å². The van der Waals surface area contributed by atoms with Crippen molar-refractivity contribution in [3.8, 4) is 0 Å². The predicted octanol–water partition coefficient (Wildman–Crippen LogP) is 2.12. The number of nitrogens with zero attached hydrogens (tertiary/aromatic N) is 2. The zero-order valence-corrected chi connectivity index (χ0v) is 8.71.